The highest BCUT2D eigenvalue weighted by Gasteiger charge is 2.36. The van der Waals surface area contributed by atoms with Crippen LogP contribution in [0, 0.1) is 0 Å². The summed E-state index contributed by atoms with van der Waals surface area (Å²) in [4.78, 5) is 5.15. The van der Waals surface area contributed by atoms with E-state index in [1.54, 1.807) is 24.4 Å². The van der Waals surface area contributed by atoms with Crippen molar-refractivity contribution in [1.82, 2.24) is 30.4 Å². The second-order valence-electron chi connectivity index (χ2n) is 5.14. The molecule has 4 rings (SSSR count). The molecular weight excluding hydrogens is 380 g/mol. The zero-order valence-electron chi connectivity index (χ0n) is 12.0. The number of fused-ring (bicyclic) bond motifs is 1. The van der Waals surface area contributed by atoms with E-state index in [-0.39, 0.29) is 16.5 Å². The molecule has 0 atom stereocenters. The normalized spacial score (nSPS) is 12.2. The van der Waals surface area contributed by atoms with E-state index in [0.29, 0.717) is 27.2 Å². The van der Waals surface area contributed by atoms with Crippen LogP contribution in [-0.2, 0) is 6.18 Å². The van der Waals surface area contributed by atoms with Gasteiger partial charge in [0.1, 0.15) is 0 Å². The van der Waals surface area contributed by atoms with E-state index in [0.717, 1.165) is 0 Å². The zero-order valence-corrected chi connectivity index (χ0v) is 13.6. The van der Waals surface area contributed by atoms with Gasteiger partial charge in [-0.2, -0.15) is 18.3 Å². The third-order valence-corrected chi connectivity index (χ3v) is 4.42. The molecule has 4 aromatic rings. The highest BCUT2D eigenvalue weighted by Crippen LogP contribution is 2.41. The monoisotopic (exact) mass is 386 g/mol. The second-order valence-corrected chi connectivity index (χ2v) is 5.92. The summed E-state index contributed by atoms with van der Waals surface area (Å²) >= 11 is 12.2. The van der Waals surface area contributed by atoms with E-state index in [9.17, 15) is 13.2 Å². The fraction of sp³-hybridized carbons (Fsp3) is 0.0714. The Morgan fingerprint density at radius 1 is 1.00 bits per heavy atom. The summed E-state index contributed by atoms with van der Waals surface area (Å²) in [5.74, 6) is -1.29. The standard InChI is InChI=1S/C14H7Cl2F3N6/c15-6-2-1-5-8(7-3-4-20-23-7)11(21-10(5)9(6)16)12-22-13(25-24-12)14(17,18)19/h1-4,21H,(H,20,23)(H,22,24,25). The predicted molar refractivity (Wildman–Crippen MR) is 86.3 cm³/mol. The van der Waals surface area contributed by atoms with Gasteiger partial charge in [-0.05, 0) is 12.1 Å². The Kier molecular flexibility index (Phi) is 3.51. The lowest BCUT2D eigenvalue weighted by Gasteiger charge is -2.00. The van der Waals surface area contributed by atoms with Crippen LogP contribution in [0.3, 0.4) is 0 Å². The van der Waals surface area contributed by atoms with E-state index in [1.807, 2.05) is 0 Å². The van der Waals surface area contributed by atoms with Gasteiger partial charge in [0.05, 0.1) is 26.9 Å². The number of rotatable bonds is 2. The maximum atomic E-state index is 12.8. The third kappa shape index (κ3) is 2.56. The SMILES string of the molecule is FC(F)(F)c1nnc(-c2[nH]c3c(Cl)c(Cl)ccc3c2-c2cc[nH]n2)[nH]1. The van der Waals surface area contributed by atoms with Crippen LogP contribution in [0.1, 0.15) is 5.82 Å². The number of hydrogen-bond donors (Lipinski definition) is 3. The van der Waals surface area contributed by atoms with E-state index in [2.05, 4.69) is 30.4 Å². The number of aromatic amines is 3. The molecule has 0 saturated carbocycles. The molecule has 1 aromatic carbocycles. The highest BCUT2D eigenvalue weighted by atomic mass is 35.5. The Labute approximate surface area is 147 Å². The smallest absolute Gasteiger partial charge is 0.350 e. The van der Waals surface area contributed by atoms with Gasteiger partial charge in [-0.25, -0.2) is 0 Å². The van der Waals surface area contributed by atoms with E-state index in [4.69, 9.17) is 23.2 Å². The van der Waals surface area contributed by atoms with Crippen molar-refractivity contribution in [3.05, 3.63) is 40.3 Å². The lowest BCUT2D eigenvalue weighted by Crippen LogP contribution is -2.07. The number of aromatic nitrogens is 6. The molecule has 0 bridgehead atoms. The lowest BCUT2D eigenvalue weighted by molar-refractivity contribution is -0.144. The summed E-state index contributed by atoms with van der Waals surface area (Å²) in [6, 6.07) is 4.98. The molecule has 25 heavy (non-hydrogen) atoms. The molecule has 6 nitrogen and oxygen atoms in total. The first-order valence-electron chi connectivity index (χ1n) is 6.86. The summed E-state index contributed by atoms with van der Waals surface area (Å²) in [5, 5.41) is 14.7. The molecule has 0 radical (unpaired) electrons. The summed E-state index contributed by atoms with van der Waals surface area (Å²) in [7, 11) is 0. The summed E-state index contributed by atoms with van der Waals surface area (Å²) < 4.78 is 38.4. The molecule has 3 heterocycles. The van der Waals surface area contributed by atoms with Crippen LogP contribution < -0.4 is 0 Å². The minimum absolute atomic E-state index is 0.0892. The lowest BCUT2D eigenvalue weighted by atomic mass is 10.1. The van der Waals surface area contributed by atoms with Gasteiger partial charge in [0.2, 0.25) is 5.82 Å². The number of nitrogens with one attached hydrogen (secondary N) is 3. The zero-order chi connectivity index (χ0) is 17.8. The van der Waals surface area contributed by atoms with Crippen molar-refractivity contribution in [2.75, 3.05) is 0 Å². The highest BCUT2D eigenvalue weighted by molar-refractivity contribution is 6.45. The van der Waals surface area contributed by atoms with Gasteiger partial charge in [0.25, 0.3) is 0 Å². The average Bonchev–Trinajstić information content (AvgIpc) is 3.27. The minimum Gasteiger partial charge on any atom is -0.350 e. The first-order valence-corrected chi connectivity index (χ1v) is 7.62. The van der Waals surface area contributed by atoms with E-state index in [1.165, 1.54) is 0 Å². The summed E-state index contributed by atoms with van der Waals surface area (Å²) in [6.45, 7) is 0. The molecule has 0 unspecified atom stereocenters. The summed E-state index contributed by atoms with van der Waals surface area (Å²) in [5.41, 5.74) is 1.77. The van der Waals surface area contributed by atoms with Gasteiger partial charge in [-0.1, -0.05) is 29.3 Å². The largest absolute Gasteiger partial charge is 0.451 e. The van der Waals surface area contributed by atoms with Crippen LogP contribution in [0.25, 0.3) is 33.7 Å². The van der Waals surface area contributed by atoms with Gasteiger partial charge in [0.15, 0.2) is 5.82 Å². The molecule has 3 aromatic heterocycles. The second kappa shape index (κ2) is 5.50. The van der Waals surface area contributed by atoms with Crippen molar-refractivity contribution in [3.63, 3.8) is 0 Å². The number of nitrogens with zero attached hydrogens (tertiary/aromatic N) is 3. The molecule has 0 fully saturated rings. The average molecular weight is 387 g/mol. The maximum absolute atomic E-state index is 12.8. The molecule has 0 spiro atoms. The molecule has 3 N–H and O–H groups in total. The third-order valence-electron chi connectivity index (χ3n) is 3.61. The molecule has 0 aliphatic heterocycles. The predicted octanol–water partition coefficient (Wildman–Crippen LogP) is 4.67. The van der Waals surface area contributed by atoms with Crippen LogP contribution in [0.5, 0.6) is 0 Å². The van der Waals surface area contributed by atoms with Gasteiger partial charge in [-0.3, -0.25) is 5.10 Å². The molecule has 0 aliphatic carbocycles. The van der Waals surface area contributed by atoms with Gasteiger partial charge < -0.3 is 9.97 Å². The van der Waals surface area contributed by atoms with Crippen molar-refractivity contribution >= 4 is 34.1 Å². The fourth-order valence-corrected chi connectivity index (χ4v) is 2.92. The van der Waals surface area contributed by atoms with Crippen molar-refractivity contribution < 1.29 is 13.2 Å². The maximum Gasteiger partial charge on any atom is 0.451 e. The molecule has 0 amide bonds. The molecule has 0 saturated heterocycles. The Morgan fingerprint density at radius 2 is 1.80 bits per heavy atom. The Bertz CT molecular complexity index is 1060. The molecule has 0 aliphatic rings. The first-order chi connectivity index (χ1) is 11.9. The number of halogens is 5. The number of hydrogen-bond acceptors (Lipinski definition) is 3. The van der Waals surface area contributed by atoms with Gasteiger partial charge in [-0.15, -0.1) is 10.2 Å². The van der Waals surface area contributed by atoms with Crippen molar-refractivity contribution in [2.45, 2.75) is 6.18 Å². The Balaban J connectivity index is 2.02. The quantitative estimate of drug-likeness (QED) is 0.467. The van der Waals surface area contributed by atoms with Crippen LogP contribution in [-0.4, -0.2) is 30.4 Å². The van der Waals surface area contributed by atoms with Crippen molar-refractivity contribution in [3.8, 4) is 22.8 Å². The minimum atomic E-state index is -4.63. The van der Waals surface area contributed by atoms with Gasteiger partial charge in [0, 0.05) is 17.1 Å². The van der Waals surface area contributed by atoms with Crippen LogP contribution in [0.15, 0.2) is 24.4 Å². The molecule has 11 heteroatoms. The van der Waals surface area contributed by atoms with Crippen LogP contribution in [0.4, 0.5) is 13.2 Å². The topological polar surface area (TPSA) is 86.0 Å². The molecular formula is C14H7Cl2F3N6. The Morgan fingerprint density at radius 3 is 2.44 bits per heavy atom. The van der Waals surface area contributed by atoms with E-state index < -0.39 is 12.0 Å². The first kappa shape index (κ1) is 16.0. The Hall–Kier alpha value is -2.52. The van der Waals surface area contributed by atoms with Crippen molar-refractivity contribution in [1.29, 1.82) is 0 Å². The van der Waals surface area contributed by atoms with Crippen LogP contribution >= 0.6 is 23.2 Å². The number of H-pyrrole nitrogens is 3. The van der Waals surface area contributed by atoms with Crippen molar-refractivity contribution in [2.24, 2.45) is 0 Å². The summed E-state index contributed by atoms with van der Waals surface area (Å²) in [6.07, 6.45) is -3.04. The van der Waals surface area contributed by atoms with E-state index >= 15 is 0 Å². The number of benzene rings is 1. The van der Waals surface area contributed by atoms with Gasteiger partial charge >= 0.3 is 6.18 Å². The van der Waals surface area contributed by atoms with Crippen LogP contribution in [0.2, 0.25) is 10.0 Å². The fourth-order valence-electron chi connectivity index (χ4n) is 2.55. The number of alkyl halides is 3. The molecule has 128 valence electrons.